The van der Waals surface area contributed by atoms with Crippen LogP contribution in [0.15, 0.2) is 65.0 Å². The molecule has 0 fully saturated rings. The number of rotatable bonds is 5. The summed E-state index contributed by atoms with van der Waals surface area (Å²) in [5.74, 6) is -0.123. The van der Waals surface area contributed by atoms with Crippen LogP contribution in [-0.2, 0) is 14.3 Å². The van der Waals surface area contributed by atoms with Crippen molar-refractivity contribution in [2.75, 3.05) is 21.3 Å². The molecule has 0 amide bonds. The number of carbonyl (C=O) groups is 2. The van der Waals surface area contributed by atoms with Gasteiger partial charge >= 0.3 is 5.97 Å². The average Bonchev–Trinajstić information content (AvgIpc) is 2.83. The predicted octanol–water partition coefficient (Wildman–Crippen LogP) is 3.94. The molecule has 1 aliphatic heterocycles. The summed E-state index contributed by atoms with van der Waals surface area (Å²) in [5, 5.41) is 13.4. The number of nitrogens with one attached hydrogen (secondary N) is 1. The number of hydrogen-bond donors (Lipinski definition) is 2. The summed E-state index contributed by atoms with van der Waals surface area (Å²) in [6.07, 6.45) is 0.955. The Bertz CT molecular complexity index is 1160. The molecule has 2 N–H and O–H groups in total. The summed E-state index contributed by atoms with van der Waals surface area (Å²) in [5.41, 5.74) is 4.10. The van der Waals surface area contributed by atoms with E-state index in [4.69, 9.17) is 14.2 Å². The van der Waals surface area contributed by atoms with Crippen molar-refractivity contribution in [3.63, 3.8) is 0 Å². The Balaban J connectivity index is 1.80. The number of esters is 1. The van der Waals surface area contributed by atoms with E-state index in [2.05, 4.69) is 5.32 Å². The Morgan fingerprint density at radius 1 is 1.00 bits per heavy atom. The first-order valence-electron chi connectivity index (χ1n) is 10.7. The zero-order valence-electron chi connectivity index (χ0n) is 19.1. The second-order valence-corrected chi connectivity index (χ2v) is 8.21. The minimum absolute atomic E-state index is 0.0112. The van der Waals surface area contributed by atoms with E-state index in [0.29, 0.717) is 35.2 Å². The minimum atomic E-state index is -0.618. The van der Waals surface area contributed by atoms with Crippen molar-refractivity contribution in [2.45, 2.75) is 31.6 Å². The van der Waals surface area contributed by atoms with Crippen LogP contribution in [-0.4, -0.2) is 38.2 Å². The van der Waals surface area contributed by atoms with Gasteiger partial charge in [-0.05, 0) is 54.7 Å². The van der Waals surface area contributed by atoms with Crippen LogP contribution in [0.5, 0.6) is 17.2 Å². The first-order valence-corrected chi connectivity index (χ1v) is 10.7. The fourth-order valence-electron chi connectivity index (χ4n) is 4.74. The monoisotopic (exact) mass is 449 g/mol. The van der Waals surface area contributed by atoms with Gasteiger partial charge in [0.2, 0.25) is 0 Å². The van der Waals surface area contributed by atoms with E-state index < -0.39 is 11.9 Å². The van der Waals surface area contributed by atoms with Crippen molar-refractivity contribution in [2.24, 2.45) is 0 Å². The van der Waals surface area contributed by atoms with Gasteiger partial charge < -0.3 is 24.6 Å². The zero-order valence-corrected chi connectivity index (χ0v) is 19.1. The number of methoxy groups -OCH3 is 3. The van der Waals surface area contributed by atoms with E-state index in [1.807, 2.05) is 31.2 Å². The number of ether oxygens (including phenoxy) is 3. The van der Waals surface area contributed by atoms with E-state index in [9.17, 15) is 14.7 Å². The van der Waals surface area contributed by atoms with Gasteiger partial charge in [-0.3, -0.25) is 4.79 Å². The molecule has 33 heavy (non-hydrogen) atoms. The quantitative estimate of drug-likeness (QED) is 0.668. The van der Waals surface area contributed by atoms with Gasteiger partial charge in [0.25, 0.3) is 0 Å². The van der Waals surface area contributed by atoms with Crippen molar-refractivity contribution in [3.8, 4) is 17.2 Å². The van der Waals surface area contributed by atoms with Crippen LogP contribution < -0.4 is 14.8 Å². The summed E-state index contributed by atoms with van der Waals surface area (Å²) >= 11 is 0. The largest absolute Gasteiger partial charge is 0.504 e. The number of carbonyl (C=O) groups excluding carboxylic acids is 2. The summed E-state index contributed by atoms with van der Waals surface area (Å²) in [4.78, 5) is 26.3. The summed E-state index contributed by atoms with van der Waals surface area (Å²) in [7, 11) is 4.40. The van der Waals surface area contributed by atoms with Crippen LogP contribution in [0.25, 0.3) is 0 Å². The highest BCUT2D eigenvalue weighted by Gasteiger charge is 2.41. The van der Waals surface area contributed by atoms with Gasteiger partial charge in [0.15, 0.2) is 17.3 Å². The second-order valence-electron chi connectivity index (χ2n) is 8.21. The van der Waals surface area contributed by atoms with E-state index in [0.717, 1.165) is 17.0 Å². The van der Waals surface area contributed by atoms with Crippen LogP contribution in [0.4, 0.5) is 0 Å². The summed E-state index contributed by atoms with van der Waals surface area (Å²) < 4.78 is 15.6. The predicted molar refractivity (Wildman–Crippen MR) is 122 cm³/mol. The molecule has 0 spiro atoms. The highest BCUT2D eigenvalue weighted by molar-refractivity contribution is 6.04. The summed E-state index contributed by atoms with van der Waals surface area (Å²) in [6.45, 7) is 1.81. The number of phenols is 1. The molecule has 2 aromatic rings. The third kappa shape index (κ3) is 4.06. The minimum Gasteiger partial charge on any atom is -0.504 e. The zero-order chi connectivity index (χ0) is 23.7. The lowest BCUT2D eigenvalue weighted by Crippen LogP contribution is -2.36. The standard InChI is InChI=1S/C26H27NO6/c1-14-23(26(30)33-4)24(16-7-10-20(28)22(13-16)32-3)25-19(27-14)11-17(12-21(25)29)15-5-8-18(31-2)9-6-15/h5-10,13,17,24,27-28H,11-12H2,1-4H3/t17-,24+/m1/s1. The molecule has 0 bridgehead atoms. The Morgan fingerprint density at radius 3 is 2.33 bits per heavy atom. The van der Waals surface area contributed by atoms with Crippen molar-refractivity contribution in [3.05, 3.63) is 76.1 Å². The number of phenolic OH excluding ortho intramolecular Hbond substituents is 1. The fraction of sp³-hybridized carbons (Fsp3) is 0.308. The molecule has 7 heteroatoms. The van der Waals surface area contributed by atoms with Gasteiger partial charge in [-0.1, -0.05) is 18.2 Å². The molecule has 7 nitrogen and oxygen atoms in total. The lowest BCUT2D eigenvalue weighted by atomic mass is 9.71. The van der Waals surface area contributed by atoms with Crippen LogP contribution in [0.1, 0.15) is 42.7 Å². The smallest absolute Gasteiger partial charge is 0.336 e. The molecule has 1 aliphatic carbocycles. The van der Waals surface area contributed by atoms with Crippen LogP contribution in [0.3, 0.4) is 0 Å². The SMILES string of the molecule is COC(=O)C1=C(C)NC2=C(C(=O)C[C@H](c3ccc(OC)cc3)C2)[C@H]1c1ccc(O)c(OC)c1. The number of benzene rings is 2. The number of Topliss-reactive ketones (excluding diaryl/α,β-unsaturated/α-hetero) is 1. The van der Waals surface area contributed by atoms with E-state index in [1.165, 1.54) is 20.3 Å². The lowest BCUT2D eigenvalue weighted by Gasteiger charge is -2.36. The van der Waals surface area contributed by atoms with Crippen LogP contribution in [0.2, 0.25) is 0 Å². The highest BCUT2D eigenvalue weighted by Crippen LogP contribution is 2.46. The van der Waals surface area contributed by atoms with Crippen molar-refractivity contribution >= 4 is 11.8 Å². The van der Waals surface area contributed by atoms with E-state index in [1.54, 1.807) is 19.2 Å². The molecule has 0 saturated heterocycles. The topological polar surface area (TPSA) is 94.1 Å². The van der Waals surface area contributed by atoms with Crippen LogP contribution in [0, 0.1) is 0 Å². The number of aromatic hydroxyl groups is 1. The van der Waals surface area contributed by atoms with Crippen molar-refractivity contribution in [1.29, 1.82) is 0 Å². The molecule has 0 radical (unpaired) electrons. The van der Waals surface area contributed by atoms with E-state index >= 15 is 0 Å². The molecule has 2 aliphatic rings. The Hall–Kier alpha value is -3.74. The number of dihydropyridines is 1. The highest BCUT2D eigenvalue weighted by atomic mass is 16.5. The van der Waals surface area contributed by atoms with Crippen LogP contribution >= 0.6 is 0 Å². The molecule has 0 aromatic heterocycles. The van der Waals surface area contributed by atoms with E-state index in [-0.39, 0.29) is 23.2 Å². The normalized spacial score (nSPS) is 20.2. The Morgan fingerprint density at radius 2 is 1.70 bits per heavy atom. The fourth-order valence-corrected chi connectivity index (χ4v) is 4.74. The van der Waals surface area contributed by atoms with Gasteiger partial charge in [0, 0.05) is 29.3 Å². The van der Waals surface area contributed by atoms with Gasteiger partial charge in [-0.2, -0.15) is 0 Å². The van der Waals surface area contributed by atoms with Gasteiger partial charge in [0.1, 0.15) is 5.75 Å². The second kappa shape index (κ2) is 9.02. The molecular weight excluding hydrogens is 422 g/mol. The van der Waals surface area contributed by atoms with Gasteiger partial charge in [0.05, 0.1) is 26.9 Å². The number of ketones is 1. The first kappa shape index (κ1) is 22.5. The lowest BCUT2D eigenvalue weighted by molar-refractivity contribution is -0.136. The molecule has 0 saturated carbocycles. The Kier molecular flexibility index (Phi) is 6.14. The number of allylic oxidation sites excluding steroid dienone is 3. The third-order valence-electron chi connectivity index (χ3n) is 6.36. The molecular formula is C26H27NO6. The van der Waals surface area contributed by atoms with Crippen molar-refractivity contribution in [1.82, 2.24) is 5.32 Å². The molecule has 2 atom stereocenters. The Labute approximate surface area is 192 Å². The van der Waals surface area contributed by atoms with Gasteiger partial charge in [-0.15, -0.1) is 0 Å². The first-order chi connectivity index (χ1) is 15.9. The molecule has 172 valence electrons. The molecule has 4 rings (SSSR count). The molecule has 1 heterocycles. The molecule has 2 aromatic carbocycles. The maximum Gasteiger partial charge on any atom is 0.336 e. The summed E-state index contributed by atoms with van der Waals surface area (Å²) in [6, 6.07) is 12.6. The van der Waals surface area contributed by atoms with Crippen molar-refractivity contribution < 1.29 is 28.9 Å². The number of hydrogen-bond acceptors (Lipinski definition) is 7. The maximum atomic E-state index is 13.5. The average molecular weight is 450 g/mol. The third-order valence-corrected chi connectivity index (χ3v) is 6.36. The maximum absolute atomic E-state index is 13.5. The molecule has 0 unspecified atom stereocenters. The van der Waals surface area contributed by atoms with Gasteiger partial charge in [-0.25, -0.2) is 4.79 Å².